The summed E-state index contributed by atoms with van der Waals surface area (Å²) in [6, 6.07) is 4.25. The Morgan fingerprint density at radius 2 is 2.04 bits per heavy atom. The number of amides is 1. The minimum Gasteiger partial charge on any atom is -0.356 e. The Hall–Kier alpha value is -1.90. The van der Waals surface area contributed by atoms with Crippen molar-refractivity contribution in [1.82, 2.24) is 10.3 Å². The second-order valence-electron chi connectivity index (χ2n) is 9.61. The molecule has 3 fully saturated rings. The normalized spacial score (nSPS) is 40.7. The van der Waals surface area contributed by atoms with Crippen molar-refractivity contribution in [3.63, 3.8) is 0 Å². The number of pyridine rings is 1. The van der Waals surface area contributed by atoms with Gasteiger partial charge in [0.1, 0.15) is 0 Å². The van der Waals surface area contributed by atoms with Crippen molar-refractivity contribution in [2.24, 2.45) is 28.6 Å². The van der Waals surface area contributed by atoms with Crippen LogP contribution in [0.4, 0.5) is 0 Å². The lowest BCUT2D eigenvalue weighted by Crippen LogP contribution is -2.49. The topological polar surface area (TPSA) is 42.0 Å². The maximum Gasteiger partial charge on any atom is 0.220 e. The Morgan fingerprint density at radius 3 is 2.85 bits per heavy atom. The summed E-state index contributed by atoms with van der Waals surface area (Å²) in [7, 11) is 0. The molecule has 1 aliphatic heterocycles. The molecule has 1 saturated heterocycles. The van der Waals surface area contributed by atoms with Crippen molar-refractivity contribution in [3.8, 4) is 0 Å². The summed E-state index contributed by atoms with van der Waals surface area (Å²) in [4.78, 5) is 16.4. The van der Waals surface area contributed by atoms with Gasteiger partial charge in [-0.05, 0) is 72.5 Å². The lowest BCUT2D eigenvalue weighted by atomic mass is 9.48. The molecule has 0 bridgehead atoms. The highest BCUT2D eigenvalue weighted by Crippen LogP contribution is 2.64. The molecule has 0 radical (unpaired) electrons. The number of carbonyl (C=O) groups is 1. The van der Waals surface area contributed by atoms with E-state index in [1.54, 1.807) is 5.57 Å². The quantitative estimate of drug-likeness (QED) is 0.782. The summed E-state index contributed by atoms with van der Waals surface area (Å²) in [5, 5.41) is 3.18. The monoisotopic (exact) mass is 362 g/mol. The number of hydrogen-bond acceptors (Lipinski definition) is 2. The van der Waals surface area contributed by atoms with Gasteiger partial charge in [0.05, 0.1) is 0 Å². The molecule has 3 aliphatic carbocycles. The Bertz CT molecular complexity index is 826. The highest BCUT2D eigenvalue weighted by atomic mass is 16.1. The van der Waals surface area contributed by atoms with E-state index in [4.69, 9.17) is 0 Å². The molecule has 142 valence electrons. The molecular weight excluding hydrogens is 332 g/mol. The molecule has 5 atom stereocenters. The van der Waals surface area contributed by atoms with Gasteiger partial charge in [-0.1, -0.05) is 37.6 Å². The predicted molar refractivity (Wildman–Crippen MR) is 108 cm³/mol. The van der Waals surface area contributed by atoms with Crippen LogP contribution >= 0.6 is 0 Å². The zero-order chi connectivity index (χ0) is 18.6. The first kappa shape index (κ1) is 17.2. The number of allylic oxidation sites excluding steroid dienone is 4. The van der Waals surface area contributed by atoms with E-state index in [0.717, 1.165) is 13.0 Å². The number of rotatable bonds is 1. The summed E-state index contributed by atoms with van der Waals surface area (Å²) >= 11 is 0. The predicted octanol–water partition coefficient (Wildman–Crippen LogP) is 4.76. The van der Waals surface area contributed by atoms with Crippen LogP contribution in [0.2, 0.25) is 0 Å². The van der Waals surface area contributed by atoms with Gasteiger partial charge < -0.3 is 5.32 Å². The average molecular weight is 363 g/mol. The molecule has 0 spiro atoms. The first-order chi connectivity index (χ1) is 13.0. The molecule has 5 rings (SSSR count). The molecule has 27 heavy (non-hydrogen) atoms. The van der Waals surface area contributed by atoms with Crippen molar-refractivity contribution in [2.45, 2.75) is 52.4 Å². The van der Waals surface area contributed by atoms with Crippen LogP contribution in [-0.4, -0.2) is 17.4 Å². The maximum absolute atomic E-state index is 12.0. The summed E-state index contributed by atoms with van der Waals surface area (Å²) < 4.78 is 0. The number of aromatic nitrogens is 1. The van der Waals surface area contributed by atoms with Gasteiger partial charge in [0.2, 0.25) is 5.91 Å². The van der Waals surface area contributed by atoms with Crippen LogP contribution < -0.4 is 5.32 Å². The molecular formula is C24H30N2O. The van der Waals surface area contributed by atoms with Crippen molar-refractivity contribution < 1.29 is 4.79 Å². The smallest absolute Gasteiger partial charge is 0.220 e. The molecule has 1 aromatic heterocycles. The summed E-state index contributed by atoms with van der Waals surface area (Å²) in [5.74, 6) is 2.28. The fraction of sp³-hybridized carbons (Fsp3) is 0.583. The largest absolute Gasteiger partial charge is 0.356 e. The average Bonchev–Trinajstić information content (AvgIpc) is 2.95. The van der Waals surface area contributed by atoms with Crippen LogP contribution in [0, 0.1) is 28.6 Å². The number of carbonyl (C=O) groups excluding carboxylic acids is 1. The molecule has 0 unspecified atom stereocenters. The van der Waals surface area contributed by atoms with Gasteiger partial charge in [0, 0.05) is 30.8 Å². The van der Waals surface area contributed by atoms with E-state index in [9.17, 15) is 4.79 Å². The first-order valence-electron chi connectivity index (χ1n) is 10.6. The highest BCUT2D eigenvalue weighted by Gasteiger charge is 2.55. The number of nitrogens with one attached hydrogen (secondary N) is 1. The Balaban J connectivity index is 1.47. The van der Waals surface area contributed by atoms with Gasteiger partial charge >= 0.3 is 0 Å². The van der Waals surface area contributed by atoms with E-state index >= 15 is 0 Å². The van der Waals surface area contributed by atoms with E-state index in [0.29, 0.717) is 29.6 Å². The SMILES string of the molecule is C[C@]12CC[C@H]3[C@@H](CC[C@H]4CNC(=O)CC[C@@]43C)C1=CC=C2c1cccnc1. The highest BCUT2D eigenvalue weighted by molar-refractivity contribution is 5.78. The van der Waals surface area contributed by atoms with Gasteiger partial charge in [0.15, 0.2) is 0 Å². The van der Waals surface area contributed by atoms with Crippen LogP contribution in [0.3, 0.4) is 0 Å². The van der Waals surface area contributed by atoms with Crippen molar-refractivity contribution in [3.05, 3.63) is 47.8 Å². The van der Waals surface area contributed by atoms with Crippen molar-refractivity contribution in [1.29, 1.82) is 0 Å². The molecule has 3 nitrogen and oxygen atoms in total. The van der Waals surface area contributed by atoms with E-state index in [1.165, 1.54) is 36.8 Å². The fourth-order valence-electron chi connectivity index (χ4n) is 6.90. The van der Waals surface area contributed by atoms with E-state index in [2.05, 4.69) is 42.4 Å². The van der Waals surface area contributed by atoms with Crippen LogP contribution in [-0.2, 0) is 4.79 Å². The molecule has 1 N–H and O–H groups in total. The number of fused-ring (bicyclic) bond motifs is 5. The first-order valence-corrected chi connectivity index (χ1v) is 10.6. The number of nitrogens with zero attached hydrogens (tertiary/aromatic N) is 1. The summed E-state index contributed by atoms with van der Waals surface area (Å²) in [6.07, 6.45) is 15.4. The molecule has 2 saturated carbocycles. The lowest BCUT2D eigenvalue weighted by Gasteiger charge is -2.56. The molecule has 1 aromatic rings. The Kier molecular flexibility index (Phi) is 3.86. The standard InChI is InChI=1S/C24H30N2O/c1-23-12-10-22(27)26-15-17(23)5-6-18-20-8-7-19(16-4-3-13-25-14-16)24(20,2)11-9-21(18)23/h3-4,7-8,13-14,17-18,21H,5-6,9-12,15H2,1-2H3,(H,26,27)/t17-,18-,21-,23-,24+/m0/s1. The Morgan fingerprint density at radius 1 is 1.15 bits per heavy atom. The van der Waals surface area contributed by atoms with Gasteiger partial charge in [0.25, 0.3) is 0 Å². The third kappa shape index (κ3) is 2.47. The third-order valence-electron chi connectivity index (χ3n) is 8.52. The van der Waals surface area contributed by atoms with Crippen LogP contribution in [0.1, 0.15) is 57.9 Å². The molecule has 0 aromatic carbocycles. The van der Waals surface area contributed by atoms with Gasteiger partial charge in [-0.25, -0.2) is 0 Å². The second kappa shape index (κ2) is 6.05. The Labute approximate surface area is 162 Å². The summed E-state index contributed by atoms with van der Waals surface area (Å²) in [5.41, 5.74) is 4.83. The summed E-state index contributed by atoms with van der Waals surface area (Å²) in [6.45, 7) is 5.82. The van der Waals surface area contributed by atoms with Gasteiger partial charge in [-0.15, -0.1) is 0 Å². The molecule has 1 amide bonds. The zero-order valence-corrected chi connectivity index (χ0v) is 16.5. The van der Waals surface area contributed by atoms with Gasteiger partial charge in [-0.3, -0.25) is 9.78 Å². The fourth-order valence-corrected chi connectivity index (χ4v) is 6.90. The van der Waals surface area contributed by atoms with Crippen LogP contribution in [0.15, 0.2) is 42.3 Å². The van der Waals surface area contributed by atoms with E-state index in [-0.39, 0.29) is 11.3 Å². The van der Waals surface area contributed by atoms with Crippen molar-refractivity contribution in [2.75, 3.05) is 6.54 Å². The second-order valence-corrected chi connectivity index (χ2v) is 9.61. The van der Waals surface area contributed by atoms with E-state index < -0.39 is 0 Å². The lowest BCUT2D eigenvalue weighted by molar-refractivity contribution is -0.121. The maximum atomic E-state index is 12.0. The van der Waals surface area contributed by atoms with E-state index in [1.807, 2.05) is 18.5 Å². The molecule has 2 heterocycles. The van der Waals surface area contributed by atoms with Crippen LogP contribution in [0.5, 0.6) is 0 Å². The zero-order valence-electron chi connectivity index (χ0n) is 16.5. The minimum absolute atomic E-state index is 0.159. The number of hydrogen-bond donors (Lipinski definition) is 1. The van der Waals surface area contributed by atoms with Crippen molar-refractivity contribution >= 4 is 11.5 Å². The van der Waals surface area contributed by atoms with Crippen LogP contribution in [0.25, 0.3) is 5.57 Å². The minimum atomic E-state index is 0.159. The molecule has 4 aliphatic rings. The molecule has 3 heteroatoms. The third-order valence-corrected chi connectivity index (χ3v) is 8.52. The van der Waals surface area contributed by atoms with Gasteiger partial charge in [-0.2, -0.15) is 0 Å².